The molecular formula is C16H21N3OS2. The molecule has 0 aliphatic carbocycles. The predicted molar refractivity (Wildman–Crippen MR) is 93.8 cm³/mol. The van der Waals surface area contributed by atoms with Crippen LogP contribution in [0.2, 0.25) is 0 Å². The summed E-state index contributed by atoms with van der Waals surface area (Å²) in [5, 5.41) is 10.2. The Morgan fingerprint density at radius 1 is 1.36 bits per heavy atom. The number of nitrogens with zero attached hydrogens (tertiary/aromatic N) is 3. The molecule has 0 saturated heterocycles. The second-order valence-corrected chi connectivity index (χ2v) is 7.54. The molecule has 0 atom stereocenters. The van der Waals surface area contributed by atoms with Crippen LogP contribution in [0.5, 0.6) is 0 Å². The van der Waals surface area contributed by atoms with Crippen molar-refractivity contribution in [2.75, 3.05) is 5.75 Å². The average molecular weight is 335 g/mol. The highest BCUT2D eigenvalue weighted by molar-refractivity contribution is 7.99. The van der Waals surface area contributed by atoms with E-state index < -0.39 is 0 Å². The van der Waals surface area contributed by atoms with Gasteiger partial charge in [0.2, 0.25) is 0 Å². The number of aromatic nitrogens is 2. The fraction of sp³-hybridized carbons (Fsp3) is 0.562. The lowest BCUT2D eigenvalue weighted by molar-refractivity contribution is 0.558. The molecule has 0 radical (unpaired) electrons. The number of hydrogen-bond acceptors (Lipinski definition) is 5. The maximum Gasteiger partial charge on any atom is 0.263 e. The summed E-state index contributed by atoms with van der Waals surface area (Å²) in [6, 6.07) is 2.15. The van der Waals surface area contributed by atoms with Crippen LogP contribution in [0.1, 0.15) is 43.0 Å². The summed E-state index contributed by atoms with van der Waals surface area (Å²) < 4.78 is 1.82. The van der Waals surface area contributed by atoms with Gasteiger partial charge in [-0.3, -0.25) is 9.36 Å². The third-order valence-corrected chi connectivity index (χ3v) is 5.82. The first-order chi connectivity index (χ1) is 10.6. The minimum atomic E-state index is 0.0862. The van der Waals surface area contributed by atoms with Crippen LogP contribution in [0.25, 0.3) is 10.2 Å². The van der Waals surface area contributed by atoms with Crippen molar-refractivity contribution in [2.24, 2.45) is 0 Å². The van der Waals surface area contributed by atoms with Gasteiger partial charge in [0.1, 0.15) is 4.83 Å². The maximum absolute atomic E-state index is 12.8. The molecule has 2 heterocycles. The number of fused-ring (bicyclic) bond motifs is 1. The largest absolute Gasteiger partial charge is 0.287 e. The Bertz CT molecular complexity index is 755. The molecule has 118 valence electrons. The topological polar surface area (TPSA) is 58.7 Å². The van der Waals surface area contributed by atoms with Crippen molar-refractivity contribution >= 4 is 33.3 Å². The molecule has 0 aromatic carbocycles. The number of nitriles is 1. The smallest absolute Gasteiger partial charge is 0.263 e. The molecule has 6 heteroatoms. The van der Waals surface area contributed by atoms with Gasteiger partial charge < -0.3 is 0 Å². The number of thiophene rings is 1. The standard InChI is InChI=1S/C16H21N3OS2/c1-4-5-9-19-15(20)13-11(2)12(3)22-14(13)18-16(19)21-10-7-6-8-17/h4-7,9-10H2,1-3H3. The van der Waals surface area contributed by atoms with Crippen LogP contribution in [-0.2, 0) is 6.54 Å². The lowest BCUT2D eigenvalue weighted by atomic mass is 10.2. The summed E-state index contributed by atoms with van der Waals surface area (Å²) in [7, 11) is 0. The Balaban J connectivity index is 2.43. The van der Waals surface area contributed by atoms with E-state index in [-0.39, 0.29) is 5.56 Å². The van der Waals surface area contributed by atoms with E-state index in [0.717, 1.165) is 50.8 Å². The van der Waals surface area contributed by atoms with Gasteiger partial charge in [-0.2, -0.15) is 5.26 Å². The van der Waals surface area contributed by atoms with Crippen molar-refractivity contribution in [3.05, 3.63) is 20.8 Å². The van der Waals surface area contributed by atoms with E-state index in [1.807, 2.05) is 18.4 Å². The van der Waals surface area contributed by atoms with Crippen molar-refractivity contribution < 1.29 is 0 Å². The van der Waals surface area contributed by atoms with Crippen molar-refractivity contribution in [3.63, 3.8) is 0 Å². The molecule has 4 nitrogen and oxygen atoms in total. The van der Waals surface area contributed by atoms with Crippen LogP contribution in [0.15, 0.2) is 9.95 Å². The highest BCUT2D eigenvalue weighted by atomic mass is 32.2. The maximum atomic E-state index is 12.8. The van der Waals surface area contributed by atoms with Gasteiger partial charge in [-0.25, -0.2) is 4.98 Å². The predicted octanol–water partition coefficient (Wildman–Crippen LogP) is 4.27. The van der Waals surface area contributed by atoms with Crippen molar-refractivity contribution in [3.8, 4) is 6.07 Å². The molecule has 0 spiro atoms. The second kappa shape index (κ2) is 7.80. The SMILES string of the molecule is CCCCn1c(SCCCC#N)nc2sc(C)c(C)c2c1=O. The molecule has 0 N–H and O–H groups in total. The normalized spacial score (nSPS) is 11.0. The number of hydrogen-bond donors (Lipinski definition) is 0. The fourth-order valence-electron chi connectivity index (χ4n) is 2.25. The van der Waals surface area contributed by atoms with Gasteiger partial charge in [0, 0.05) is 23.6 Å². The van der Waals surface area contributed by atoms with Crippen molar-refractivity contribution in [1.29, 1.82) is 5.26 Å². The third kappa shape index (κ3) is 3.53. The fourth-order valence-corrected chi connectivity index (χ4v) is 4.28. The van der Waals surface area contributed by atoms with Crippen molar-refractivity contribution in [2.45, 2.75) is 58.2 Å². The molecular weight excluding hydrogens is 314 g/mol. The number of rotatable bonds is 7. The zero-order valence-corrected chi connectivity index (χ0v) is 14.9. The summed E-state index contributed by atoms with van der Waals surface area (Å²) in [5.74, 6) is 0.820. The van der Waals surface area contributed by atoms with Gasteiger partial charge in [0.05, 0.1) is 11.5 Å². The van der Waals surface area contributed by atoms with Crippen LogP contribution < -0.4 is 5.56 Å². The molecule has 0 bridgehead atoms. The molecule has 0 aliphatic heterocycles. The molecule has 0 unspecified atom stereocenters. The second-order valence-electron chi connectivity index (χ2n) is 5.28. The van der Waals surface area contributed by atoms with Crippen LogP contribution in [-0.4, -0.2) is 15.3 Å². The third-order valence-electron chi connectivity index (χ3n) is 3.65. The molecule has 0 amide bonds. The van der Waals surface area contributed by atoms with E-state index in [0.29, 0.717) is 13.0 Å². The van der Waals surface area contributed by atoms with Gasteiger partial charge in [-0.05, 0) is 32.3 Å². The highest BCUT2D eigenvalue weighted by Gasteiger charge is 2.16. The van der Waals surface area contributed by atoms with E-state index in [2.05, 4.69) is 13.0 Å². The number of aryl methyl sites for hydroxylation is 2. The molecule has 22 heavy (non-hydrogen) atoms. The van der Waals surface area contributed by atoms with Gasteiger partial charge >= 0.3 is 0 Å². The van der Waals surface area contributed by atoms with Gasteiger partial charge in [-0.1, -0.05) is 25.1 Å². The Labute approximate surface area is 139 Å². The minimum absolute atomic E-state index is 0.0862. The monoisotopic (exact) mass is 335 g/mol. The molecule has 2 aromatic rings. The first-order valence-electron chi connectivity index (χ1n) is 7.60. The summed E-state index contributed by atoms with van der Waals surface area (Å²) in [5.41, 5.74) is 1.15. The Kier molecular flexibility index (Phi) is 6.04. The van der Waals surface area contributed by atoms with E-state index >= 15 is 0 Å². The van der Waals surface area contributed by atoms with Crippen LogP contribution in [0.4, 0.5) is 0 Å². The zero-order valence-electron chi connectivity index (χ0n) is 13.3. The first kappa shape index (κ1) is 17.0. The van der Waals surface area contributed by atoms with Crippen LogP contribution >= 0.6 is 23.1 Å². The van der Waals surface area contributed by atoms with Crippen LogP contribution in [0.3, 0.4) is 0 Å². The number of unbranched alkanes of at least 4 members (excludes halogenated alkanes) is 2. The molecule has 0 aliphatic rings. The molecule has 2 rings (SSSR count). The lowest BCUT2D eigenvalue weighted by Gasteiger charge is -2.11. The quantitative estimate of drug-likeness (QED) is 0.431. The molecule has 2 aromatic heterocycles. The average Bonchev–Trinajstić information content (AvgIpc) is 2.78. The lowest BCUT2D eigenvalue weighted by Crippen LogP contribution is -2.23. The van der Waals surface area contributed by atoms with E-state index in [1.54, 1.807) is 23.1 Å². The molecule has 0 fully saturated rings. The van der Waals surface area contributed by atoms with Gasteiger partial charge in [-0.15, -0.1) is 11.3 Å². The first-order valence-corrected chi connectivity index (χ1v) is 9.40. The Hall–Kier alpha value is -1.32. The summed E-state index contributed by atoms with van der Waals surface area (Å²) in [6.45, 7) is 6.88. The van der Waals surface area contributed by atoms with E-state index in [9.17, 15) is 4.79 Å². The van der Waals surface area contributed by atoms with E-state index in [4.69, 9.17) is 10.2 Å². The van der Waals surface area contributed by atoms with Gasteiger partial charge in [0.25, 0.3) is 5.56 Å². The highest BCUT2D eigenvalue weighted by Crippen LogP contribution is 2.28. The molecule has 0 saturated carbocycles. The van der Waals surface area contributed by atoms with E-state index in [1.165, 1.54) is 0 Å². The zero-order chi connectivity index (χ0) is 16.1. The summed E-state index contributed by atoms with van der Waals surface area (Å²) in [6.07, 6.45) is 3.39. The summed E-state index contributed by atoms with van der Waals surface area (Å²) >= 11 is 3.18. The van der Waals surface area contributed by atoms with Crippen LogP contribution in [0, 0.1) is 25.2 Å². The van der Waals surface area contributed by atoms with Gasteiger partial charge in [0.15, 0.2) is 5.16 Å². The summed E-state index contributed by atoms with van der Waals surface area (Å²) in [4.78, 5) is 19.6. The Morgan fingerprint density at radius 3 is 2.82 bits per heavy atom. The Morgan fingerprint density at radius 2 is 2.14 bits per heavy atom. The minimum Gasteiger partial charge on any atom is -0.287 e. The van der Waals surface area contributed by atoms with Crippen molar-refractivity contribution in [1.82, 2.24) is 9.55 Å². The number of thioether (sulfide) groups is 1.